The lowest BCUT2D eigenvalue weighted by atomic mass is 9.96. The summed E-state index contributed by atoms with van der Waals surface area (Å²) in [7, 11) is 0. The molecule has 1 aromatic carbocycles. The number of aromatic nitrogens is 1. The first-order valence-corrected chi connectivity index (χ1v) is 6.72. The van der Waals surface area contributed by atoms with E-state index in [4.69, 9.17) is 5.73 Å². The second-order valence-electron chi connectivity index (χ2n) is 4.89. The fraction of sp³-hybridized carbons (Fsp3) is 0.0667. The van der Waals surface area contributed by atoms with Gasteiger partial charge in [-0.15, -0.1) is 0 Å². The number of aromatic amines is 1. The number of pyridine rings is 1. The molecule has 0 aliphatic rings. The highest BCUT2D eigenvalue weighted by Crippen LogP contribution is 2.34. The second-order valence-corrected chi connectivity index (χ2v) is 4.89. The highest BCUT2D eigenvalue weighted by atomic mass is 16.6. The third-order valence-corrected chi connectivity index (χ3v) is 3.26. The molecule has 0 unspecified atom stereocenters. The molecule has 0 aliphatic carbocycles. The van der Waals surface area contributed by atoms with Crippen molar-refractivity contribution in [3.63, 3.8) is 0 Å². The third kappa shape index (κ3) is 3.13. The van der Waals surface area contributed by atoms with Crippen LogP contribution in [0.1, 0.15) is 18.1 Å². The maximum atomic E-state index is 11.9. The van der Waals surface area contributed by atoms with Crippen LogP contribution in [0.4, 0.5) is 17.2 Å². The van der Waals surface area contributed by atoms with Crippen LogP contribution in [0.3, 0.4) is 0 Å². The molecule has 0 fully saturated rings. The van der Waals surface area contributed by atoms with Crippen molar-refractivity contribution in [2.45, 2.75) is 6.92 Å². The number of nitrogens with one attached hydrogen (secondary N) is 2. The molecule has 1 heterocycles. The van der Waals surface area contributed by atoms with E-state index >= 15 is 0 Å². The lowest BCUT2D eigenvalue weighted by Gasteiger charge is -2.10. The Morgan fingerprint density at radius 2 is 1.96 bits per heavy atom. The molecule has 0 atom stereocenters. The van der Waals surface area contributed by atoms with E-state index in [1.54, 1.807) is 12.1 Å². The minimum atomic E-state index is -0.817. The average molecular weight is 338 g/mol. The number of nitro groups is 1. The zero-order valence-corrected chi connectivity index (χ0v) is 12.8. The number of carbonyl (C=O) groups excluding carboxylic acids is 1. The molecule has 1 amide bonds. The number of hydrogen-bond acceptors (Lipinski definition) is 7. The standard InChI is InChI=1S/C15H10N6O4/c1-7(22)19-11-3-2-8(4-12(11)21(24)25)13-9(5-16)14(18)20-15(23)10(13)6-17/h2-4H,1H3,(H,19,22)(H3,18,20,23). The van der Waals surface area contributed by atoms with Gasteiger partial charge in [-0.2, -0.15) is 10.5 Å². The summed E-state index contributed by atoms with van der Waals surface area (Å²) in [6.07, 6.45) is 0. The largest absolute Gasteiger partial charge is 0.384 e. The summed E-state index contributed by atoms with van der Waals surface area (Å²) >= 11 is 0. The Labute approximate surface area is 140 Å². The van der Waals surface area contributed by atoms with Crippen LogP contribution in [0.15, 0.2) is 23.0 Å². The highest BCUT2D eigenvalue weighted by molar-refractivity contribution is 5.92. The fourth-order valence-electron chi connectivity index (χ4n) is 2.27. The van der Waals surface area contributed by atoms with Gasteiger partial charge in [0.15, 0.2) is 0 Å². The zero-order chi connectivity index (χ0) is 18.7. The van der Waals surface area contributed by atoms with Crippen LogP contribution < -0.4 is 16.6 Å². The molecule has 2 rings (SSSR count). The van der Waals surface area contributed by atoms with Gasteiger partial charge < -0.3 is 16.0 Å². The molecule has 0 spiro atoms. The Balaban J connectivity index is 2.85. The normalized spacial score (nSPS) is 9.72. The van der Waals surface area contributed by atoms with Crippen molar-refractivity contribution in [2.75, 3.05) is 11.1 Å². The first kappa shape index (κ1) is 17.2. The molecule has 0 aliphatic heterocycles. The number of rotatable bonds is 3. The number of carbonyl (C=O) groups is 1. The molecular formula is C15H10N6O4. The maximum absolute atomic E-state index is 11.9. The van der Waals surface area contributed by atoms with Crippen molar-refractivity contribution < 1.29 is 9.72 Å². The molecule has 4 N–H and O–H groups in total. The van der Waals surface area contributed by atoms with Crippen LogP contribution in [-0.2, 0) is 4.79 Å². The van der Waals surface area contributed by atoms with Crippen molar-refractivity contribution in [1.29, 1.82) is 10.5 Å². The van der Waals surface area contributed by atoms with Crippen LogP contribution in [0.25, 0.3) is 11.1 Å². The van der Waals surface area contributed by atoms with Gasteiger partial charge in [0, 0.05) is 18.6 Å². The van der Waals surface area contributed by atoms with Gasteiger partial charge in [-0.05, 0) is 11.6 Å². The van der Waals surface area contributed by atoms with Crippen molar-refractivity contribution in [3.05, 3.63) is 49.8 Å². The first-order chi connectivity index (χ1) is 11.8. The Morgan fingerprint density at radius 3 is 2.48 bits per heavy atom. The Bertz CT molecular complexity index is 1040. The van der Waals surface area contributed by atoms with E-state index in [-0.39, 0.29) is 28.2 Å². The SMILES string of the molecule is CC(=O)Nc1ccc(-c2c(C#N)c(N)[nH]c(=O)c2C#N)cc1[N+](=O)[O-]. The van der Waals surface area contributed by atoms with Gasteiger partial charge in [0.25, 0.3) is 11.2 Å². The van der Waals surface area contributed by atoms with Gasteiger partial charge in [-0.25, -0.2) is 0 Å². The fourth-order valence-corrected chi connectivity index (χ4v) is 2.27. The molecule has 0 radical (unpaired) electrons. The van der Waals surface area contributed by atoms with E-state index in [9.17, 15) is 30.2 Å². The number of nitro benzene ring substituents is 1. The summed E-state index contributed by atoms with van der Waals surface area (Å²) in [4.78, 5) is 35.8. The number of nitrogens with two attached hydrogens (primary N) is 1. The zero-order valence-electron chi connectivity index (χ0n) is 12.8. The minimum absolute atomic E-state index is 0.0592. The Morgan fingerprint density at radius 1 is 1.32 bits per heavy atom. The van der Waals surface area contributed by atoms with E-state index in [1.807, 2.05) is 0 Å². The molecule has 0 saturated carbocycles. The molecule has 124 valence electrons. The highest BCUT2D eigenvalue weighted by Gasteiger charge is 2.22. The maximum Gasteiger partial charge on any atom is 0.293 e. The summed E-state index contributed by atoms with van der Waals surface area (Å²) in [6.45, 7) is 1.19. The first-order valence-electron chi connectivity index (χ1n) is 6.72. The van der Waals surface area contributed by atoms with Gasteiger partial charge >= 0.3 is 0 Å². The van der Waals surface area contributed by atoms with E-state index in [2.05, 4.69) is 10.3 Å². The summed E-state index contributed by atoms with van der Waals surface area (Å²) < 4.78 is 0. The summed E-state index contributed by atoms with van der Waals surface area (Å²) in [5.41, 5.74) is 3.66. The number of nitrogen functional groups attached to an aromatic ring is 1. The lowest BCUT2D eigenvalue weighted by molar-refractivity contribution is -0.383. The molecule has 25 heavy (non-hydrogen) atoms. The summed E-state index contributed by atoms with van der Waals surface area (Å²) in [5, 5.41) is 32.1. The van der Waals surface area contributed by atoms with Crippen LogP contribution in [0.5, 0.6) is 0 Å². The number of nitrogens with zero attached hydrogens (tertiary/aromatic N) is 3. The van der Waals surface area contributed by atoms with E-state index in [1.165, 1.54) is 19.1 Å². The van der Waals surface area contributed by atoms with E-state index < -0.39 is 27.6 Å². The van der Waals surface area contributed by atoms with Crippen molar-refractivity contribution in [3.8, 4) is 23.3 Å². The van der Waals surface area contributed by atoms with Crippen molar-refractivity contribution in [2.24, 2.45) is 0 Å². The topological polar surface area (TPSA) is 179 Å². The van der Waals surface area contributed by atoms with E-state index in [0.29, 0.717) is 0 Å². The second kappa shape index (κ2) is 6.52. The number of hydrogen-bond donors (Lipinski definition) is 3. The van der Waals surface area contributed by atoms with Gasteiger partial charge in [0.1, 0.15) is 34.8 Å². The lowest BCUT2D eigenvalue weighted by Crippen LogP contribution is -2.16. The smallest absolute Gasteiger partial charge is 0.293 e. The predicted molar refractivity (Wildman–Crippen MR) is 87.3 cm³/mol. The minimum Gasteiger partial charge on any atom is -0.384 e. The van der Waals surface area contributed by atoms with E-state index in [0.717, 1.165) is 6.07 Å². The number of benzene rings is 1. The number of H-pyrrole nitrogens is 1. The number of amides is 1. The molecule has 1 aromatic heterocycles. The average Bonchev–Trinajstić information content (AvgIpc) is 2.54. The molecule has 10 heteroatoms. The summed E-state index contributed by atoms with van der Waals surface area (Å²) in [6, 6.07) is 7.09. The van der Waals surface area contributed by atoms with Crippen LogP contribution in [0.2, 0.25) is 0 Å². The Hall–Kier alpha value is -4.18. The molecule has 0 bridgehead atoms. The van der Waals surface area contributed by atoms with Crippen LogP contribution >= 0.6 is 0 Å². The third-order valence-electron chi connectivity index (χ3n) is 3.26. The quantitative estimate of drug-likeness (QED) is 0.556. The monoisotopic (exact) mass is 338 g/mol. The molecular weight excluding hydrogens is 328 g/mol. The van der Waals surface area contributed by atoms with Gasteiger partial charge in [-0.3, -0.25) is 19.7 Å². The molecule has 2 aromatic rings. The van der Waals surface area contributed by atoms with Crippen LogP contribution in [-0.4, -0.2) is 15.8 Å². The number of nitriles is 2. The van der Waals surface area contributed by atoms with Crippen LogP contribution in [0, 0.1) is 32.8 Å². The predicted octanol–water partition coefficient (Wildman–Crippen LogP) is 1.23. The van der Waals surface area contributed by atoms with Gasteiger partial charge in [0.2, 0.25) is 5.91 Å². The van der Waals surface area contributed by atoms with Crippen molar-refractivity contribution >= 4 is 23.1 Å². The van der Waals surface area contributed by atoms with Gasteiger partial charge in [0.05, 0.1) is 4.92 Å². The van der Waals surface area contributed by atoms with Crippen molar-refractivity contribution in [1.82, 2.24) is 4.98 Å². The Kier molecular flexibility index (Phi) is 4.48. The number of anilines is 2. The summed E-state index contributed by atoms with van der Waals surface area (Å²) in [5.74, 6) is -0.762. The molecule has 0 saturated heterocycles. The van der Waals surface area contributed by atoms with Gasteiger partial charge in [-0.1, -0.05) is 6.07 Å². The molecule has 10 nitrogen and oxygen atoms in total.